The molecule has 0 aliphatic carbocycles. The van der Waals surface area contributed by atoms with Gasteiger partial charge in [-0.2, -0.15) is 0 Å². The lowest BCUT2D eigenvalue weighted by molar-refractivity contribution is -0.117. The molecule has 0 aromatic heterocycles. The third-order valence-corrected chi connectivity index (χ3v) is 4.46. The van der Waals surface area contributed by atoms with E-state index in [4.69, 9.17) is 4.74 Å². The number of benzene rings is 2. The summed E-state index contributed by atoms with van der Waals surface area (Å²) in [4.78, 5) is 14.6. The molecule has 1 amide bonds. The van der Waals surface area contributed by atoms with E-state index in [-0.39, 0.29) is 12.5 Å². The molecule has 132 valence electrons. The molecule has 0 bridgehead atoms. The lowest BCUT2D eigenvalue weighted by atomic mass is 10.0. The first-order chi connectivity index (χ1) is 12.3. The Morgan fingerprint density at radius 2 is 2.08 bits per heavy atom. The van der Waals surface area contributed by atoms with Crippen LogP contribution in [0.4, 0.5) is 11.4 Å². The average Bonchev–Trinajstić information content (AvgIpc) is 2.66. The van der Waals surface area contributed by atoms with Crippen molar-refractivity contribution in [1.82, 2.24) is 0 Å². The van der Waals surface area contributed by atoms with E-state index in [1.165, 1.54) is 5.56 Å². The Kier molecular flexibility index (Phi) is 5.94. The number of carbonyl (C=O) groups is 1. The van der Waals surface area contributed by atoms with Crippen LogP contribution in [0.1, 0.15) is 31.7 Å². The molecule has 0 saturated heterocycles. The van der Waals surface area contributed by atoms with Gasteiger partial charge in [-0.3, -0.25) is 4.79 Å². The Bertz CT molecular complexity index is 715. The summed E-state index contributed by atoms with van der Waals surface area (Å²) in [5.41, 5.74) is 3.22. The van der Waals surface area contributed by atoms with Crippen LogP contribution in [0.3, 0.4) is 0 Å². The second-order valence-electron chi connectivity index (χ2n) is 6.36. The van der Waals surface area contributed by atoms with Crippen molar-refractivity contribution in [3.8, 4) is 5.75 Å². The number of nitrogens with zero attached hydrogens (tertiary/aromatic N) is 1. The third-order valence-electron chi connectivity index (χ3n) is 4.46. The minimum Gasteiger partial charge on any atom is -0.494 e. The second-order valence-corrected chi connectivity index (χ2v) is 6.36. The highest BCUT2D eigenvalue weighted by atomic mass is 16.5. The third kappa shape index (κ3) is 4.53. The normalized spacial score (nSPS) is 13.2. The molecule has 4 heteroatoms. The number of fused-ring (bicyclic) bond motifs is 1. The average molecular weight is 338 g/mol. The highest BCUT2D eigenvalue weighted by Crippen LogP contribution is 2.26. The van der Waals surface area contributed by atoms with Crippen LogP contribution in [0.2, 0.25) is 0 Å². The Balaban J connectivity index is 1.59. The fourth-order valence-corrected chi connectivity index (χ4v) is 3.10. The van der Waals surface area contributed by atoms with Gasteiger partial charge in [-0.15, -0.1) is 0 Å². The van der Waals surface area contributed by atoms with Crippen LogP contribution in [-0.2, 0) is 11.2 Å². The number of carbonyl (C=O) groups excluding carboxylic acids is 1. The van der Waals surface area contributed by atoms with E-state index >= 15 is 0 Å². The van der Waals surface area contributed by atoms with Crippen molar-refractivity contribution in [1.29, 1.82) is 0 Å². The van der Waals surface area contributed by atoms with Gasteiger partial charge in [-0.05, 0) is 43.0 Å². The Morgan fingerprint density at radius 1 is 1.20 bits per heavy atom. The minimum atomic E-state index is 0.101. The zero-order valence-corrected chi connectivity index (χ0v) is 14.8. The molecule has 0 fully saturated rings. The van der Waals surface area contributed by atoms with Crippen LogP contribution in [0.5, 0.6) is 5.75 Å². The van der Waals surface area contributed by atoms with Crippen molar-refractivity contribution in [2.45, 2.75) is 32.6 Å². The number of hydrogen-bond acceptors (Lipinski definition) is 3. The fraction of sp³-hybridized carbons (Fsp3) is 0.381. The van der Waals surface area contributed by atoms with Gasteiger partial charge in [0, 0.05) is 24.0 Å². The first-order valence-electron chi connectivity index (χ1n) is 9.13. The molecule has 1 heterocycles. The van der Waals surface area contributed by atoms with E-state index in [1.807, 2.05) is 47.4 Å². The minimum absolute atomic E-state index is 0.101. The van der Waals surface area contributed by atoms with Gasteiger partial charge >= 0.3 is 0 Å². The number of unbranched alkanes of at least 4 members (excludes halogenated alkanes) is 1. The largest absolute Gasteiger partial charge is 0.494 e. The molecule has 4 nitrogen and oxygen atoms in total. The number of amides is 1. The van der Waals surface area contributed by atoms with E-state index in [0.29, 0.717) is 0 Å². The molecule has 0 atom stereocenters. The Morgan fingerprint density at radius 3 is 2.96 bits per heavy atom. The van der Waals surface area contributed by atoms with Gasteiger partial charge in [0.15, 0.2) is 0 Å². The van der Waals surface area contributed by atoms with Crippen molar-refractivity contribution < 1.29 is 9.53 Å². The van der Waals surface area contributed by atoms with E-state index in [2.05, 4.69) is 18.3 Å². The number of para-hydroxylation sites is 1. The van der Waals surface area contributed by atoms with E-state index < -0.39 is 0 Å². The number of aryl methyl sites for hydroxylation is 1. The molecule has 2 aromatic rings. The zero-order valence-electron chi connectivity index (χ0n) is 14.8. The molecule has 0 saturated carbocycles. The molecule has 0 unspecified atom stereocenters. The van der Waals surface area contributed by atoms with Crippen LogP contribution in [0, 0.1) is 0 Å². The molecule has 25 heavy (non-hydrogen) atoms. The molecular formula is C21H26N2O2. The van der Waals surface area contributed by atoms with Crippen molar-refractivity contribution in [2.75, 3.05) is 29.9 Å². The van der Waals surface area contributed by atoms with E-state index in [0.717, 1.165) is 56.0 Å². The molecule has 1 aliphatic rings. The maximum Gasteiger partial charge on any atom is 0.246 e. The van der Waals surface area contributed by atoms with Crippen LogP contribution < -0.4 is 15.0 Å². The molecule has 2 aromatic carbocycles. The summed E-state index contributed by atoms with van der Waals surface area (Å²) in [6.07, 6.45) is 4.22. The molecule has 0 spiro atoms. The highest BCUT2D eigenvalue weighted by molar-refractivity contribution is 5.97. The molecule has 0 radical (unpaired) electrons. The first kappa shape index (κ1) is 17.3. The number of anilines is 2. The van der Waals surface area contributed by atoms with Crippen molar-refractivity contribution in [3.05, 3.63) is 54.1 Å². The lowest BCUT2D eigenvalue weighted by Crippen LogP contribution is -2.39. The number of nitrogens with one attached hydrogen (secondary N) is 1. The van der Waals surface area contributed by atoms with Crippen LogP contribution in [-0.4, -0.2) is 25.6 Å². The van der Waals surface area contributed by atoms with Crippen LogP contribution in [0.25, 0.3) is 0 Å². The SMILES string of the molecule is CCCCOc1cccc(NCC(=O)N2CCCc3ccccc32)c1. The Hall–Kier alpha value is -2.49. The topological polar surface area (TPSA) is 41.6 Å². The Labute approximate surface area is 149 Å². The summed E-state index contributed by atoms with van der Waals surface area (Å²) in [6.45, 7) is 3.94. The van der Waals surface area contributed by atoms with Gasteiger partial charge in [-0.1, -0.05) is 37.6 Å². The summed E-state index contributed by atoms with van der Waals surface area (Å²) in [5, 5.41) is 3.23. The summed E-state index contributed by atoms with van der Waals surface area (Å²) < 4.78 is 5.72. The van der Waals surface area contributed by atoms with Crippen molar-refractivity contribution >= 4 is 17.3 Å². The summed E-state index contributed by atoms with van der Waals surface area (Å²) in [7, 11) is 0. The van der Waals surface area contributed by atoms with Gasteiger partial charge in [0.05, 0.1) is 13.2 Å². The van der Waals surface area contributed by atoms with Crippen LogP contribution >= 0.6 is 0 Å². The molecule has 1 N–H and O–H groups in total. The van der Waals surface area contributed by atoms with Gasteiger partial charge in [0.25, 0.3) is 0 Å². The predicted octanol–water partition coefficient (Wildman–Crippen LogP) is 4.26. The summed E-state index contributed by atoms with van der Waals surface area (Å²) in [6, 6.07) is 16.0. The summed E-state index contributed by atoms with van der Waals surface area (Å²) in [5.74, 6) is 0.943. The molecule has 1 aliphatic heterocycles. The second kappa shape index (κ2) is 8.56. The van der Waals surface area contributed by atoms with Gasteiger partial charge in [-0.25, -0.2) is 0 Å². The maximum absolute atomic E-state index is 12.7. The number of rotatable bonds is 7. The standard InChI is InChI=1S/C21H26N2O2/c1-2-3-14-25-19-11-6-10-18(15-19)22-16-21(24)23-13-7-9-17-8-4-5-12-20(17)23/h4-6,8,10-12,15,22H,2-3,7,9,13-14,16H2,1H3. The maximum atomic E-state index is 12.7. The monoisotopic (exact) mass is 338 g/mol. The van der Waals surface area contributed by atoms with Crippen LogP contribution in [0.15, 0.2) is 48.5 Å². The lowest BCUT2D eigenvalue weighted by Gasteiger charge is -2.29. The van der Waals surface area contributed by atoms with Gasteiger partial charge in [0.2, 0.25) is 5.91 Å². The van der Waals surface area contributed by atoms with E-state index in [1.54, 1.807) is 0 Å². The number of ether oxygens (including phenoxy) is 1. The first-order valence-corrected chi connectivity index (χ1v) is 9.13. The van der Waals surface area contributed by atoms with Gasteiger partial charge < -0.3 is 15.0 Å². The smallest absolute Gasteiger partial charge is 0.246 e. The molecule has 3 rings (SSSR count). The fourth-order valence-electron chi connectivity index (χ4n) is 3.10. The highest BCUT2D eigenvalue weighted by Gasteiger charge is 2.21. The van der Waals surface area contributed by atoms with Gasteiger partial charge in [0.1, 0.15) is 5.75 Å². The zero-order chi connectivity index (χ0) is 17.5. The van der Waals surface area contributed by atoms with Crippen molar-refractivity contribution in [3.63, 3.8) is 0 Å². The van der Waals surface area contributed by atoms with E-state index in [9.17, 15) is 4.79 Å². The predicted molar refractivity (Wildman–Crippen MR) is 102 cm³/mol. The molecular weight excluding hydrogens is 312 g/mol. The number of hydrogen-bond donors (Lipinski definition) is 1. The van der Waals surface area contributed by atoms with Crippen molar-refractivity contribution in [2.24, 2.45) is 0 Å². The summed E-state index contributed by atoms with van der Waals surface area (Å²) >= 11 is 0. The quantitative estimate of drug-likeness (QED) is 0.767.